The Labute approximate surface area is 333 Å². The van der Waals surface area contributed by atoms with E-state index in [2.05, 4.69) is 189 Å². The van der Waals surface area contributed by atoms with Gasteiger partial charge in [0.2, 0.25) is 0 Å². The molecule has 1 spiro atoms. The van der Waals surface area contributed by atoms with Gasteiger partial charge >= 0.3 is 0 Å². The SMILES string of the molecule is Cc1cc(-c2cccc(-c3ccc4c(c3)-c3c(-c5nc(-c6ccccc6)cc(-c6ccccc6)n5)cccc3C43c4ccccc4-c4ccccc43)c2)c(C)cn1. The molecule has 57 heavy (non-hydrogen) atoms. The van der Waals surface area contributed by atoms with E-state index in [-0.39, 0.29) is 0 Å². The van der Waals surface area contributed by atoms with Gasteiger partial charge in [-0.3, -0.25) is 4.98 Å². The molecule has 2 aliphatic rings. The Hall–Kier alpha value is -7.23. The average molecular weight is 728 g/mol. The quantitative estimate of drug-likeness (QED) is 0.177. The van der Waals surface area contributed by atoms with Gasteiger partial charge in [-0.2, -0.15) is 0 Å². The maximum atomic E-state index is 5.38. The number of rotatable bonds is 5. The molecule has 3 heteroatoms. The molecule has 0 atom stereocenters. The molecule has 2 heterocycles. The number of nitrogens with zero attached hydrogens (tertiary/aromatic N) is 3. The van der Waals surface area contributed by atoms with Gasteiger partial charge in [0.15, 0.2) is 5.82 Å². The van der Waals surface area contributed by atoms with Crippen molar-refractivity contribution >= 4 is 0 Å². The lowest BCUT2D eigenvalue weighted by Gasteiger charge is -2.30. The van der Waals surface area contributed by atoms with Crippen LogP contribution in [0.4, 0.5) is 0 Å². The maximum Gasteiger partial charge on any atom is 0.161 e. The lowest BCUT2D eigenvalue weighted by atomic mass is 9.70. The normalized spacial score (nSPS) is 12.9. The summed E-state index contributed by atoms with van der Waals surface area (Å²) in [5, 5.41) is 0. The van der Waals surface area contributed by atoms with E-state index >= 15 is 0 Å². The van der Waals surface area contributed by atoms with Crippen molar-refractivity contribution in [1.82, 2.24) is 15.0 Å². The second kappa shape index (κ2) is 12.9. The second-order valence-electron chi connectivity index (χ2n) is 15.2. The van der Waals surface area contributed by atoms with E-state index in [9.17, 15) is 0 Å². The Bertz CT molecular complexity index is 2930. The van der Waals surface area contributed by atoms with Crippen LogP contribution in [0.5, 0.6) is 0 Å². The molecule has 0 radical (unpaired) electrons. The summed E-state index contributed by atoms with van der Waals surface area (Å²) >= 11 is 0. The molecule has 0 bridgehead atoms. The van der Waals surface area contributed by atoms with Crippen LogP contribution >= 0.6 is 0 Å². The van der Waals surface area contributed by atoms with Crippen LogP contribution in [0.3, 0.4) is 0 Å². The molecule has 0 aliphatic heterocycles. The molecule has 268 valence electrons. The summed E-state index contributed by atoms with van der Waals surface area (Å²) in [5.74, 6) is 0.713. The van der Waals surface area contributed by atoms with Gasteiger partial charge in [-0.05, 0) is 110 Å². The lowest BCUT2D eigenvalue weighted by Crippen LogP contribution is -2.25. The fraction of sp³-hybridized carbons (Fsp3) is 0.0556. The van der Waals surface area contributed by atoms with Crippen LogP contribution in [0.1, 0.15) is 33.5 Å². The van der Waals surface area contributed by atoms with Gasteiger partial charge in [0.1, 0.15) is 0 Å². The molecule has 3 nitrogen and oxygen atoms in total. The summed E-state index contributed by atoms with van der Waals surface area (Å²) in [6, 6.07) is 65.9. The first-order valence-electron chi connectivity index (χ1n) is 19.6. The predicted octanol–water partition coefficient (Wildman–Crippen LogP) is 13.2. The molecule has 7 aromatic carbocycles. The smallest absolute Gasteiger partial charge is 0.161 e. The highest BCUT2D eigenvalue weighted by atomic mass is 14.9. The van der Waals surface area contributed by atoms with E-state index in [0.717, 1.165) is 33.8 Å². The van der Waals surface area contributed by atoms with Gasteiger partial charge in [0, 0.05) is 28.6 Å². The Kier molecular flexibility index (Phi) is 7.52. The summed E-state index contributed by atoms with van der Waals surface area (Å²) in [5.41, 5.74) is 21.5. The summed E-state index contributed by atoms with van der Waals surface area (Å²) in [6.45, 7) is 4.19. The van der Waals surface area contributed by atoms with Crippen molar-refractivity contribution in [3.63, 3.8) is 0 Å². The predicted molar refractivity (Wildman–Crippen MR) is 233 cm³/mol. The average Bonchev–Trinajstić information content (AvgIpc) is 3.75. The first-order valence-corrected chi connectivity index (χ1v) is 19.6. The highest BCUT2D eigenvalue weighted by Gasteiger charge is 2.52. The molecule has 2 aliphatic carbocycles. The third-order valence-corrected chi connectivity index (χ3v) is 12.0. The molecule has 0 unspecified atom stereocenters. The third kappa shape index (κ3) is 5.09. The van der Waals surface area contributed by atoms with E-state index in [1.807, 2.05) is 18.3 Å². The third-order valence-electron chi connectivity index (χ3n) is 12.0. The summed E-state index contributed by atoms with van der Waals surface area (Å²) in [4.78, 5) is 15.3. The summed E-state index contributed by atoms with van der Waals surface area (Å²) in [6.07, 6.45) is 1.97. The minimum atomic E-state index is -0.501. The van der Waals surface area contributed by atoms with Gasteiger partial charge in [-0.1, -0.05) is 158 Å². The van der Waals surface area contributed by atoms with E-state index < -0.39 is 5.41 Å². The molecule has 0 saturated carbocycles. The van der Waals surface area contributed by atoms with Gasteiger partial charge in [-0.15, -0.1) is 0 Å². The van der Waals surface area contributed by atoms with Crippen LogP contribution in [-0.2, 0) is 5.41 Å². The molecule has 0 saturated heterocycles. The van der Waals surface area contributed by atoms with Crippen LogP contribution < -0.4 is 0 Å². The second-order valence-corrected chi connectivity index (χ2v) is 15.2. The number of aromatic nitrogens is 3. The van der Waals surface area contributed by atoms with Crippen LogP contribution in [-0.4, -0.2) is 15.0 Å². The maximum absolute atomic E-state index is 5.38. The van der Waals surface area contributed by atoms with Crippen molar-refractivity contribution in [1.29, 1.82) is 0 Å². The van der Waals surface area contributed by atoms with Crippen LogP contribution in [0, 0.1) is 13.8 Å². The number of hydrogen-bond acceptors (Lipinski definition) is 3. The molecule has 9 aromatic rings. The Balaban J connectivity index is 1.20. The van der Waals surface area contributed by atoms with Crippen LogP contribution in [0.15, 0.2) is 188 Å². The highest BCUT2D eigenvalue weighted by Crippen LogP contribution is 2.64. The van der Waals surface area contributed by atoms with Crippen LogP contribution in [0.25, 0.3) is 78.4 Å². The first kappa shape index (κ1) is 33.1. The highest BCUT2D eigenvalue weighted by molar-refractivity contribution is 6.00. The van der Waals surface area contributed by atoms with Crippen molar-refractivity contribution in [2.24, 2.45) is 0 Å². The van der Waals surface area contributed by atoms with E-state index in [1.165, 1.54) is 72.3 Å². The summed E-state index contributed by atoms with van der Waals surface area (Å²) < 4.78 is 0. The van der Waals surface area contributed by atoms with E-state index in [0.29, 0.717) is 5.82 Å². The number of benzene rings is 7. The van der Waals surface area contributed by atoms with Gasteiger partial charge in [0.25, 0.3) is 0 Å². The Morgan fingerprint density at radius 3 is 1.58 bits per heavy atom. The topological polar surface area (TPSA) is 38.7 Å². The van der Waals surface area contributed by atoms with Gasteiger partial charge < -0.3 is 0 Å². The number of fused-ring (bicyclic) bond motifs is 10. The molecular weight excluding hydrogens is 691 g/mol. The van der Waals surface area contributed by atoms with Crippen molar-refractivity contribution < 1.29 is 0 Å². The van der Waals surface area contributed by atoms with E-state index in [4.69, 9.17) is 9.97 Å². The molecule has 11 rings (SSSR count). The van der Waals surface area contributed by atoms with Crippen molar-refractivity contribution in [3.8, 4) is 78.4 Å². The van der Waals surface area contributed by atoms with Gasteiger partial charge in [-0.25, -0.2) is 9.97 Å². The largest absolute Gasteiger partial charge is 0.261 e. The zero-order chi connectivity index (χ0) is 38.1. The molecule has 0 fully saturated rings. The zero-order valence-corrected chi connectivity index (χ0v) is 31.7. The summed E-state index contributed by atoms with van der Waals surface area (Å²) in [7, 11) is 0. The molecule has 2 aromatic heterocycles. The number of aryl methyl sites for hydroxylation is 2. The Morgan fingerprint density at radius 1 is 0.368 bits per heavy atom. The van der Waals surface area contributed by atoms with Crippen LogP contribution in [0.2, 0.25) is 0 Å². The zero-order valence-electron chi connectivity index (χ0n) is 31.7. The first-order chi connectivity index (χ1) is 28.1. The van der Waals surface area contributed by atoms with E-state index in [1.54, 1.807) is 0 Å². The minimum absolute atomic E-state index is 0.501. The molecule has 0 amide bonds. The van der Waals surface area contributed by atoms with Crippen molar-refractivity contribution in [2.75, 3.05) is 0 Å². The van der Waals surface area contributed by atoms with Crippen molar-refractivity contribution in [3.05, 3.63) is 222 Å². The standard InChI is InChI=1S/C54H37N3/c1-34-33-55-35(2)29-44(34)40-20-13-19-38(30-40)39-27-28-48-45(31-39)52-43(53-56-50(36-15-5-3-6-16-36)32-51(57-53)37-17-7-4-8-18-37)23-14-26-49(52)54(48)46-24-11-9-21-41(46)42-22-10-12-25-47(42)54/h3-33H,1-2H3. The number of hydrogen-bond donors (Lipinski definition) is 0. The minimum Gasteiger partial charge on any atom is -0.261 e. The molecular formula is C54H37N3. The number of pyridine rings is 1. The van der Waals surface area contributed by atoms with Crippen molar-refractivity contribution in [2.45, 2.75) is 19.3 Å². The monoisotopic (exact) mass is 727 g/mol. The fourth-order valence-corrected chi connectivity index (χ4v) is 9.45. The fourth-order valence-electron chi connectivity index (χ4n) is 9.45. The lowest BCUT2D eigenvalue weighted by molar-refractivity contribution is 0.794. The van der Waals surface area contributed by atoms with Gasteiger partial charge in [0.05, 0.1) is 16.8 Å². The Morgan fingerprint density at radius 2 is 0.895 bits per heavy atom. The molecule has 0 N–H and O–H groups in total.